The van der Waals surface area contributed by atoms with Gasteiger partial charge in [-0.3, -0.25) is 4.90 Å². The summed E-state index contributed by atoms with van der Waals surface area (Å²) in [6.45, 7) is 1.45. The molecule has 0 bridgehead atoms. The highest BCUT2D eigenvalue weighted by Gasteiger charge is 2.51. The number of benzene rings is 1. The summed E-state index contributed by atoms with van der Waals surface area (Å²) in [5.74, 6) is 1.77. The van der Waals surface area contributed by atoms with Crippen molar-refractivity contribution in [3.8, 4) is 18.4 Å². The molecule has 1 aromatic carbocycles. The van der Waals surface area contributed by atoms with Crippen molar-refractivity contribution in [3.05, 3.63) is 58.7 Å². The van der Waals surface area contributed by atoms with E-state index in [1.165, 1.54) is 36.5 Å². The Morgan fingerprint density at radius 3 is 2.79 bits per heavy atom. The third-order valence-corrected chi connectivity index (χ3v) is 9.30. The molecule has 2 aromatic heterocycles. The van der Waals surface area contributed by atoms with E-state index in [2.05, 4.69) is 25.8 Å². The van der Waals surface area contributed by atoms with Gasteiger partial charge in [-0.05, 0) is 55.1 Å². The van der Waals surface area contributed by atoms with Gasteiger partial charge in [-0.15, -0.1) is 6.42 Å². The molecular weight excluding hydrogens is 569 g/mol. The number of alkyl halides is 4. The Bertz CT molecular complexity index is 1690. The number of rotatable bonds is 5. The molecule has 4 aliphatic rings. The predicted octanol–water partition coefficient (Wildman–Crippen LogP) is 4.70. The SMILES string of the molecule is C#Cc1c(F)ccc2c1C=CC(O)(c1cc3nc(OC[C@@]45CCCN4C[C@H](F)C5)ncc3c(N3CC[C@H]3C(F)(F)F)n1)C2. The Labute approximate surface area is 244 Å². The number of hydrogen-bond acceptors (Lipinski definition) is 7. The number of terminal acetylenes is 1. The molecular formula is C31H28F5N5O2. The Balaban J connectivity index is 1.28. The number of aromatic nitrogens is 3. The molecule has 1 aliphatic carbocycles. The smallest absolute Gasteiger partial charge is 0.408 e. The second kappa shape index (κ2) is 9.86. The number of anilines is 1. The van der Waals surface area contributed by atoms with Gasteiger partial charge < -0.3 is 14.7 Å². The van der Waals surface area contributed by atoms with Gasteiger partial charge in [0.1, 0.15) is 36.1 Å². The molecule has 3 aliphatic heterocycles. The number of nitrogens with zero attached hydrogens (tertiary/aromatic N) is 5. The van der Waals surface area contributed by atoms with Gasteiger partial charge in [-0.25, -0.2) is 18.7 Å². The Kier molecular flexibility index (Phi) is 6.41. The van der Waals surface area contributed by atoms with E-state index in [-0.39, 0.29) is 60.0 Å². The van der Waals surface area contributed by atoms with E-state index in [9.17, 15) is 27.1 Å². The molecule has 224 valence electrons. The van der Waals surface area contributed by atoms with Crippen LogP contribution in [0, 0.1) is 18.2 Å². The summed E-state index contributed by atoms with van der Waals surface area (Å²) in [7, 11) is 0. The normalized spacial score (nSPS) is 28.4. The van der Waals surface area contributed by atoms with E-state index in [1.54, 1.807) is 0 Å². The zero-order valence-corrected chi connectivity index (χ0v) is 23.0. The van der Waals surface area contributed by atoms with Crippen LogP contribution in [0.4, 0.5) is 27.8 Å². The Hall–Kier alpha value is -3.82. The predicted molar refractivity (Wildman–Crippen MR) is 149 cm³/mol. The first-order valence-electron chi connectivity index (χ1n) is 14.2. The number of hydrogen-bond donors (Lipinski definition) is 1. The molecule has 1 unspecified atom stereocenters. The summed E-state index contributed by atoms with van der Waals surface area (Å²) in [6, 6.07) is 2.50. The minimum atomic E-state index is -4.48. The second-order valence-electron chi connectivity index (χ2n) is 11.9. The van der Waals surface area contributed by atoms with Crippen molar-refractivity contribution in [3.63, 3.8) is 0 Å². The van der Waals surface area contributed by atoms with Crippen LogP contribution in [0.25, 0.3) is 17.0 Å². The average Bonchev–Trinajstić information content (AvgIpc) is 3.46. The fourth-order valence-corrected chi connectivity index (χ4v) is 7.01. The summed E-state index contributed by atoms with van der Waals surface area (Å²) in [6.07, 6.45) is 6.36. The van der Waals surface area contributed by atoms with Gasteiger partial charge in [0.15, 0.2) is 0 Å². The molecule has 12 heteroatoms. The van der Waals surface area contributed by atoms with E-state index in [0.29, 0.717) is 24.1 Å². The maximum atomic E-state index is 14.3. The van der Waals surface area contributed by atoms with E-state index >= 15 is 0 Å². The monoisotopic (exact) mass is 597 g/mol. The van der Waals surface area contributed by atoms with Crippen molar-refractivity contribution in [2.24, 2.45) is 0 Å². The number of fused-ring (bicyclic) bond motifs is 3. The third-order valence-electron chi connectivity index (χ3n) is 9.30. The van der Waals surface area contributed by atoms with Crippen LogP contribution in [0.5, 0.6) is 6.01 Å². The summed E-state index contributed by atoms with van der Waals surface area (Å²) in [5, 5.41) is 12.1. The molecule has 5 heterocycles. The highest BCUT2D eigenvalue weighted by atomic mass is 19.4. The molecule has 3 aromatic rings. The lowest BCUT2D eigenvalue weighted by Crippen LogP contribution is -2.56. The standard InChI is InChI=1S/C31H28F5N5O2/c1-2-20-21-6-9-30(42,13-18(21)4-5-23(20)33)25-12-24-22(27(39-25)41-11-7-26(41)31(34,35)36)15-37-28(38-24)43-17-29-8-3-10-40(29)16-19(32)14-29/h1,4-6,9,12,15,19,26,42H,3,7-8,10-11,13-14,16-17H2/t19-,26+,29+,30?/m1/s1. The molecule has 0 spiro atoms. The molecule has 7 rings (SSSR count). The average molecular weight is 598 g/mol. The summed E-state index contributed by atoms with van der Waals surface area (Å²) in [4.78, 5) is 16.6. The summed E-state index contributed by atoms with van der Waals surface area (Å²) in [5.41, 5.74) is -0.790. The van der Waals surface area contributed by atoms with Gasteiger partial charge in [-0.1, -0.05) is 18.1 Å². The molecule has 0 radical (unpaired) electrons. The van der Waals surface area contributed by atoms with Crippen molar-refractivity contribution in [2.75, 3.05) is 31.1 Å². The van der Waals surface area contributed by atoms with Crippen LogP contribution in [0.1, 0.15) is 48.1 Å². The lowest BCUT2D eigenvalue weighted by atomic mass is 9.82. The Morgan fingerprint density at radius 1 is 1.21 bits per heavy atom. The molecule has 0 saturated carbocycles. The van der Waals surface area contributed by atoms with E-state index < -0.39 is 35.3 Å². The molecule has 43 heavy (non-hydrogen) atoms. The van der Waals surface area contributed by atoms with Crippen molar-refractivity contribution >= 4 is 22.8 Å². The topological polar surface area (TPSA) is 74.6 Å². The van der Waals surface area contributed by atoms with Gasteiger partial charge in [0.25, 0.3) is 0 Å². The van der Waals surface area contributed by atoms with Crippen LogP contribution in [0.15, 0.2) is 30.5 Å². The van der Waals surface area contributed by atoms with E-state index in [4.69, 9.17) is 11.2 Å². The molecule has 1 N–H and O–H groups in total. The Morgan fingerprint density at radius 2 is 2.05 bits per heavy atom. The first kappa shape index (κ1) is 28.0. The summed E-state index contributed by atoms with van der Waals surface area (Å²) < 4.78 is 76.0. The third kappa shape index (κ3) is 4.60. The van der Waals surface area contributed by atoms with Crippen LogP contribution < -0.4 is 9.64 Å². The molecule has 3 saturated heterocycles. The van der Waals surface area contributed by atoms with E-state index in [1.807, 2.05) is 0 Å². The van der Waals surface area contributed by atoms with E-state index in [0.717, 1.165) is 24.3 Å². The number of aliphatic hydroxyl groups is 1. The summed E-state index contributed by atoms with van der Waals surface area (Å²) >= 11 is 0. The quantitative estimate of drug-likeness (QED) is 0.338. The van der Waals surface area contributed by atoms with Crippen molar-refractivity contribution in [2.45, 2.75) is 61.6 Å². The zero-order valence-electron chi connectivity index (χ0n) is 23.0. The van der Waals surface area contributed by atoms with Crippen molar-refractivity contribution < 1.29 is 31.8 Å². The zero-order chi connectivity index (χ0) is 30.1. The maximum absolute atomic E-state index is 14.3. The number of ether oxygens (including phenoxy) is 1. The van der Waals surface area contributed by atoms with Crippen LogP contribution in [-0.4, -0.2) is 75.1 Å². The first-order chi connectivity index (χ1) is 20.5. The fraction of sp³-hybridized carbons (Fsp3) is 0.452. The van der Waals surface area contributed by atoms with Crippen LogP contribution in [0.3, 0.4) is 0 Å². The highest BCUT2D eigenvalue weighted by molar-refractivity contribution is 5.90. The minimum Gasteiger partial charge on any atom is -0.461 e. The molecule has 0 amide bonds. The molecule has 4 atom stereocenters. The van der Waals surface area contributed by atoms with Gasteiger partial charge in [0.2, 0.25) is 0 Å². The number of pyridine rings is 1. The van der Waals surface area contributed by atoms with Gasteiger partial charge in [0.05, 0.1) is 27.7 Å². The van der Waals surface area contributed by atoms with Crippen LogP contribution >= 0.6 is 0 Å². The van der Waals surface area contributed by atoms with Gasteiger partial charge in [0, 0.05) is 32.1 Å². The van der Waals surface area contributed by atoms with Gasteiger partial charge >= 0.3 is 12.2 Å². The lowest BCUT2D eigenvalue weighted by Gasteiger charge is -2.43. The van der Waals surface area contributed by atoms with Crippen molar-refractivity contribution in [1.82, 2.24) is 19.9 Å². The highest BCUT2D eigenvalue weighted by Crippen LogP contribution is 2.43. The molecule has 3 fully saturated rings. The largest absolute Gasteiger partial charge is 0.461 e. The van der Waals surface area contributed by atoms with Crippen molar-refractivity contribution in [1.29, 1.82) is 0 Å². The first-order valence-corrected chi connectivity index (χ1v) is 14.2. The van der Waals surface area contributed by atoms with Gasteiger partial charge in [-0.2, -0.15) is 18.2 Å². The van der Waals surface area contributed by atoms with Crippen LogP contribution in [-0.2, 0) is 12.0 Å². The molecule has 7 nitrogen and oxygen atoms in total. The second-order valence-corrected chi connectivity index (χ2v) is 11.9. The minimum absolute atomic E-state index is 0.000271. The van der Waals surface area contributed by atoms with Crippen LogP contribution in [0.2, 0.25) is 0 Å². The fourth-order valence-electron chi connectivity index (χ4n) is 7.01. The lowest BCUT2D eigenvalue weighted by molar-refractivity contribution is -0.159. The maximum Gasteiger partial charge on any atom is 0.408 e. The number of halogens is 5.